The van der Waals surface area contributed by atoms with Crippen molar-refractivity contribution in [3.8, 4) is 0 Å². The number of nitrogens with zero attached hydrogens (tertiary/aromatic N) is 2. The number of carboxylic acid groups (broad SMARTS) is 1. The summed E-state index contributed by atoms with van der Waals surface area (Å²) >= 11 is 12.0. The second-order valence-corrected chi connectivity index (χ2v) is 6.36. The van der Waals surface area contributed by atoms with Gasteiger partial charge < -0.3 is 15.3 Å². The van der Waals surface area contributed by atoms with E-state index in [1.54, 1.807) is 18.2 Å². The number of hydrogen-bond acceptors (Lipinski definition) is 4. The fourth-order valence-electron chi connectivity index (χ4n) is 2.49. The van der Waals surface area contributed by atoms with E-state index in [0.29, 0.717) is 28.8 Å². The Morgan fingerprint density at radius 1 is 1.22 bits per heavy atom. The third-order valence-corrected chi connectivity index (χ3v) is 4.50. The molecule has 6 nitrogen and oxygen atoms in total. The van der Waals surface area contributed by atoms with Gasteiger partial charge in [-0.05, 0) is 19.2 Å². The highest BCUT2D eigenvalue weighted by atomic mass is 35.5. The van der Waals surface area contributed by atoms with E-state index in [1.165, 1.54) is 0 Å². The van der Waals surface area contributed by atoms with Gasteiger partial charge in [0, 0.05) is 26.2 Å². The Labute approximate surface area is 145 Å². The van der Waals surface area contributed by atoms with Crippen LogP contribution in [-0.4, -0.2) is 66.1 Å². The molecule has 1 amide bonds. The molecule has 1 aliphatic heterocycles. The molecule has 2 N–H and O–H groups in total. The average molecular weight is 360 g/mol. The molecule has 0 bridgehead atoms. The summed E-state index contributed by atoms with van der Waals surface area (Å²) in [4.78, 5) is 27.7. The number of para-hydroxylation sites is 1. The molecule has 23 heavy (non-hydrogen) atoms. The van der Waals surface area contributed by atoms with Crippen LogP contribution in [0.2, 0.25) is 10.0 Å². The summed E-state index contributed by atoms with van der Waals surface area (Å²) in [6.07, 6.45) is -0.152. The average Bonchev–Trinajstić information content (AvgIpc) is 2.49. The number of carbonyl (C=O) groups excluding carboxylic acids is 1. The van der Waals surface area contributed by atoms with E-state index in [1.807, 2.05) is 11.9 Å². The Morgan fingerprint density at radius 3 is 2.30 bits per heavy atom. The highest BCUT2D eigenvalue weighted by Gasteiger charge is 2.30. The van der Waals surface area contributed by atoms with Gasteiger partial charge in [-0.1, -0.05) is 29.3 Å². The van der Waals surface area contributed by atoms with Crippen molar-refractivity contribution in [2.75, 3.05) is 38.5 Å². The summed E-state index contributed by atoms with van der Waals surface area (Å²) in [6.45, 7) is 2.80. The molecule has 1 atom stereocenters. The van der Waals surface area contributed by atoms with Crippen molar-refractivity contribution in [2.24, 2.45) is 0 Å². The number of carbonyl (C=O) groups is 2. The SMILES string of the molecule is CN1CCN(C(CC(=O)Nc2c(Cl)cccc2Cl)C(=O)O)CC1. The maximum atomic E-state index is 12.2. The van der Waals surface area contributed by atoms with Crippen LogP contribution in [0, 0.1) is 0 Å². The monoisotopic (exact) mass is 359 g/mol. The lowest BCUT2D eigenvalue weighted by Crippen LogP contribution is -2.52. The highest BCUT2D eigenvalue weighted by molar-refractivity contribution is 6.39. The van der Waals surface area contributed by atoms with Crippen molar-refractivity contribution in [3.05, 3.63) is 28.2 Å². The number of amides is 1. The molecule has 1 unspecified atom stereocenters. The first-order valence-electron chi connectivity index (χ1n) is 7.27. The normalized spacial score (nSPS) is 17.7. The Morgan fingerprint density at radius 2 is 1.78 bits per heavy atom. The molecule has 2 rings (SSSR count). The van der Waals surface area contributed by atoms with Gasteiger partial charge in [-0.2, -0.15) is 0 Å². The van der Waals surface area contributed by atoms with Gasteiger partial charge >= 0.3 is 5.97 Å². The number of anilines is 1. The van der Waals surface area contributed by atoms with Crippen molar-refractivity contribution in [1.82, 2.24) is 9.80 Å². The van der Waals surface area contributed by atoms with E-state index >= 15 is 0 Å². The number of halogens is 2. The zero-order valence-corrected chi connectivity index (χ0v) is 14.3. The van der Waals surface area contributed by atoms with Crippen molar-refractivity contribution in [1.29, 1.82) is 0 Å². The van der Waals surface area contributed by atoms with Gasteiger partial charge in [0.15, 0.2) is 0 Å². The first-order valence-corrected chi connectivity index (χ1v) is 8.03. The Hall–Kier alpha value is -1.34. The molecular formula is C15H19Cl2N3O3. The summed E-state index contributed by atoms with van der Waals surface area (Å²) in [5, 5.41) is 12.7. The van der Waals surface area contributed by atoms with E-state index in [9.17, 15) is 14.7 Å². The van der Waals surface area contributed by atoms with Gasteiger partial charge in [0.2, 0.25) is 5.91 Å². The van der Waals surface area contributed by atoms with E-state index in [2.05, 4.69) is 10.2 Å². The third-order valence-electron chi connectivity index (χ3n) is 3.87. The van der Waals surface area contributed by atoms with Crippen LogP contribution in [0.3, 0.4) is 0 Å². The quantitative estimate of drug-likeness (QED) is 0.841. The summed E-state index contributed by atoms with van der Waals surface area (Å²) in [5.74, 6) is -1.43. The maximum absolute atomic E-state index is 12.2. The fourth-order valence-corrected chi connectivity index (χ4v) is 2.98. The number of rotatable bonds is 5. The molecule has 0 saturated carbocycles. The summed E-state index contributed by atoms with van der Waals surface area (Å²) in [6, 6.07) is 4.03. The van der Waals surface area contributed by atoms with Gasteiger partial charge in [-0.15, -0.1) is 0 Å². The molecule has 1 heterocycles. The van der Waals surface area contributed by atoms with Crippen LogP contribution in [-0.2, 0) is 9.59 Å². The number of aliphatic carboxylic acids is 1. The largest absolute Gasteiger partial charge is 0.480 e. The highest BCUT2D eigenvalue weighted by Crippen LogP contribution is 2.30. The van der Waals surface area contributed by atoms with Gasteiger partial charge in [0.1, 0.15) is 6.04 Å². The molecule has 0 aliphatic carbocycles. The zero-order chi connectivity index (χ0) is 17.0. The van der Waals surface area contributed by atoms with Crippen molar-refractivity contribution >= 4 is 40.8 Å². The molecule has 0 radical (unpaired) electrons. The zero-order valence-electron chi connectivity index (χ0n) is 12.8. The molecular weight excluding hydrogens is 341 g/mol. The molecule has 126 valence electrons. The van der Waals surface area contributed by atoms with E-state index < -0.39 is 17.9 Å². The summed E-state index contributed by atoms with van der Waals surface area (Å²) in [7, 11) is 1.99. The van der Waals surface area contributed by atoms with Crippen molar-refractivity contribution in [3.63, 3.8) is 0 Å². The second-order valence-electron chi connectivity index (χ2n) is 5.54. The summed E-state index contributed by atoms with van der Waals surface area (Å²) in [5.41, 5.74) is 0.309. The molecule has 0 spiro atoms. The van der Waals surface area contributed by atoms with Crippen molar-refractivity contribution in [2.45, 2.75) is 12.5 Å². The summed E-state index contributed by atoms with van der Waals surface area (Å²) < 4.78 is 0. The molecule has 1 aromatic rings. The topological polar surface area (TPSA) is 72.9 Å². The molecule has 1 aromatic carbocycles. The van der Waals surface area contributed by atoms with Gasteiger partial charge in [0.05, 0.1) is 22.2 Å². The van der Waals surface area contributed by atoms with Gasteiger partial charge in [-0.25, -0.2) is 0 Å². The van der Waals surface area contributed by atoms with Crippen LogP contribution < -0.4 is 5.32 Å². The predicted octanol–water partition coefficient (Wildman–Crippen LogP) is 2.02. The smallest absolute Gasteiger partial charge is 0.321 e. The molecule has 1 saturated heterocycles. The van der Waals surface area contributed by atoms with Gasteiger partial charge in [-0.3, -0.25) is 14.5 Å². The number of benzene rings is 1. The second kappa shape index (κ2) is 7.97. The number of carboxylic acids is 1. The molecule has 1 fully saturated rings. The standard InChI is InChI=1S/C15H19Cl2N3O3/c1-19-5-7-20(8-6-19)12(15(22)23)9-13(21)18-14-10(16)3-2-4-11(14)17/h2-4,12H,5-9H2,1H3,(H,18,21)(H,22,23). The van der Waals surface area contributed by atoms with E-state index in [-0.39, 0.29) is 6.42 Å². The fraction of sp³-hybridized carbons (Fsp3) is 0.467. The third kappa shape index (κ3) is 4.81. The van der Waals surface area contributed by atoms with Crippen LogP contribution in [0.5, 0.6) is 0 Å². The molecule has 0 aromatic heterocycles. The first-order chi connectivity index (χ1) is 10.9. The number of likely N-dealkylation sites (N-methyl/N-ethyl adjacent to an activating group) is 1. The first kappa shape index (κ1) is 18.0. The minimum absolute atomic E-state index is 0.152. The lowest BCUT2D eigenvalue weighted by molar-refractivity contribution is -0.145. The maximum Gasteiger partial charge on any atom is 0.321 e. The van der Waals surface area contributed by atoms with Crippen LogP contribution in [0.15, 0.2) is 18.2 Å². The Bertz CT molecular complexity index is 569. The Balaban J connectivity index is 2.02. The minimum atomic E-state index is -1.00. The number of hydrogen-bond donors (Lipinski definition) is 2. The molecule has 8 heteroatoms. The number of piperazine rings is 1. The van der Waals surface area contributed by atoms with E-state index in [0.717, 1.165) is 13.1 Å². The number of nitrogens with one attached hydrogen (secondary N) is 1. The predicted molar refractivity (Wildman–Crippen MR) is 90.2 cm³/mol. The van der Waals surface area contributed by atoms with Gasteiger partial charge in [0.25, 0.3) is 0 Å². The lowest BCUT2D eigenvalue weighted by atomic mass is 10.1. The van der Waals surface area contributed by atoms with E-state index in [4.69, 9.17) is 23.2 Å². The minimum Gasteiger partial charge on any atom is -0.480 e. The van der Waals surface area contributed by atoms with Crippen LogP contribution >= 0.6 is 23.2 Å². The van der Waals surface area contributed by atoms with Crippen LogP contribution in [0.1, 0.15) is 6.42 Å². The molecule has 1 aliphatic rings. The van der Waals surface area contributed by atoms with Crippen molar-refractivity contribution < 1.29 is 14.7 Å². The van der Waals surface area contributed by atoms with Crippen LogP contribution in [0.4, 0.5) is 5.69 Å². The Kier molecular flexibility index (Phi) is 6.24. The van der Waals surface area contributed by atoms with Crippen LogP contribution in [0.25, 0.3) is 0 Å². The lowest BCUT2D eigenvalue weighted by Gasteiger charge is -2.35.